The molecule has 81 heavy (non-hydrogen) atoms. The van der Waals surface area contributed by atoms with E-state index < -0.39 is 66.2 Å². The highest BCUT2D eigenvalue weighted by molar-refractivity contribution is 6.03. The third-order valence-corrected chi connectivity index (χ3v) is 12.0. The van der Waals surface area contributed by atoms with Crippen molar-refractivity contribution >= 4 is 54.0 Å². The van der Waals surface area contributed by atoms with Crippen molar-refractivity contribution in [3.8, 4) is 5.75 Å². The Labute approximate surface area is 468 Å². The van der Waals surface area contributed by atoms with E-state index in [1.54, 1.807) is 123 Å². The SMILES string of the molecule is Cc1cc(O)cc(C)c1C[C@H](N=C(NC(=O)OCc1ccccc1)NC(=O)OCc1ccccc1)C(=O)N[C@H](C)C(=O)NC[C@H](Cc1ccccc1)NC(=O)CCN=C(NC(=O)OCc1ccccc1)NC(=O)OCc1ccccc1. The third-order valence-electron chi connectivity index (χ3n) is 12.0. The highest BCUT2D eigenvalue weighted by Gasteiger charge is 2.27. The molecular weight excluding hydrogens is 1040 g/mol. The van der Waals surface area contributed by atoms with Gasteiger partial charge in [-0.2, -0.15) is 0 Å². The lowest BCUT2D eigenvalue weighted by atomic mass is 9.95. The highest BCUT2D eigenvalue weighted by atomic mass is 16.6. The fraction of sp³-hybridized carbons (Fsp3) is 0.250. The Hall–Kier alpha value is -10.1. The lowest BCUT2D eigenvalue weighted by Crippen LogP contribution is -2.52. The van der Waals surface area contributed by atoms with Crippen LogP contribution in [-0.4, -0.2) is 90.3 Å². The number of guanidine groups is 2. The number of rotatable bonds is 22. The summed E-state index contributed by atoms with van der Waals surface area (Å²) in [5.74, 6) is -2.72. The molecule has 0 aliphatic heterocycles. The number of alkyl carbamates (subject to hydrolysis) is 4. The first-order chi connectivity index (χ1) is 39.1. The van der Waals surface area contributed by atoms with Crippen LogP contribution in [0.5, 0.6) is 5.75 Å². The molecule has 0 fully saturated rings. The van der Waals surface area contributed by atoms with Gasteiger partial charge in [-0.3, -0.25) is 40.6 Å². The van der Waals surface area contributed by atoms with Gasteiger partial charge in [0.2, 0.25) is 29.6 Å². The Kier molecular flexibility index (Phi) is 23.8. The van der Waals surface area contributed by atoms with Crippen LogP contribution in [0.1, 0.15) is 57.9 Å². The molecule has 21 heteroatoms. The van der Waals surface area contributed by atoms with Crippen molar-refractivity contribution < 1.29 is 57.6 Å². The predicted molar refractivity (Wildman–Crippen MR) is 301 cm³/mol. The summed E-state index contributed by atoms with van der Waals surface area (Å²) in [4.78, 5) is 103. The zero-order valence-electron chi connectivity index (χ0n) is 45.0. The fourth-order valence-corrected chi connectivity index (χ4v) is 7.86. The number of carbonyl (C=O) groups excluding carboxylic acids is 7. The lowest BCUT2D eigenvalue weighted by Gasteiger charge is -2.23. The van der Waals surface area contributed by atoms with E-state index >= 15 is 0 Å². The maximum absolute atomic E-state index is 14.4. The van der Waals surface area contributed by atoms with Gasteiger partial charge in [-0.1, -0.05) is 152 Å². The molecule has 0 spiro atoms. The number of ether oxygens (including phenoxy) is 4. The van der Waals surface area contributed by atoms with Crippen LogP contribution in [-0.2, 0) is 72.6 Å². The summed E-state index contributed by atoms with van der Waals surface area (Å²) < 4.78 is 21.4. The maximum atomic E-state index is 14.4. The Bertz CT molecular complexity index is 2960. The van der Waals surface area contributed by atoms with Crippen molar-refractivity contribution in [3.63, 3.8) is 0 Å². The van der Waals surface area contributed by atoms with Gasteiger partial charge in [-0.05, 0) is 83.8 Å². The van der Waals surface area contributed by atoms with Gasteiger partial charge in [0, 0.05) is 19.4 Å². The third kappa shape index (κ3) is 22.1. The van der Waals surface area contributed by atoms with Gasteiger partial charge in [0.25, 0.3) is 0 Å². The molecule has 6 rings (SSSR count). The highest BCUT2D eigenvalue weighted by Crippen LogP contribution is 2.23. The largest absolute Gasteiger partial charge is 0.508 e. The molecular formula is C60H65N9O12. The zero-order valence-corrected chi connectivity index (χ0v) is 45.0. The van der Waals surface area contributed by atoms with E-state index in [9.17, 15) is 38.7 Å². The van der Waals surface area contributed by atoms with Gasteiger partial charge in [-0.15, -0.1) is 0 Å². The second-order valence-electron chi connectivity index (χ2n) is 18.4. The first-order valence-corrected chi connectivity index (χ1v) is 25.9. The minimum absolute atomic E-state index is 0.00298. The Morgan fingerprint density at radius 2 is 0.877 bits per heavy atom. The minimum atomic E-state index is -1.42. The lowest BCUT2D eigenvalue weighted by molar-refractivity contribution is -0.129. The predicted octanol–water partition coefficient (Wildman–Crippen LogP) is 7.08. The number of nitrogens with one attached hydrogen (secondary N) is 7. The molecule has 0 unspecified atom stereocenters. The molecule has 422 valence electrons. The molecule has 8 N–H and O–H groups in total. The molecule has 0 aliphatic rings. The van der Waals surface area contributed by atoms with Gasteiger partial charge in [0.1, 0.15) is 44.3 Å². The summed E-state index contributed by atoms with van der Waals surface area (Å²) >= 11 is 0. The van der Waals surface area contributed by atoms with Crippen LogP contribution < -0.4 is 37.2 Å². The van der Waals surface area contributed by atoms with Crippen LogP contribution in [0.25, 0.3) is 0 Å². The van der Waals surface area contributed by atoms with Crippen LogP contribution in [0.2, 0.25) is 0 Å². The van der Waals surface area contributed by atoms with Crippen molar-refractivity contribution in [2.75, 3.05) is 13.1 Å². The van der Waals surface area contributed by atoms with E-state index in [1.165, 1.54) is 19.1 Å². The van der Waals surface area contributed by atoms with Crippen molar-refractivity contribution in [2.24, 2.45) is 9.98 Å². The van der Waals surface area contributed by atoms with Crippen molar-refractivity contribution in [3.05, 3.63) is 208 Å². The van der Waals surface area contributed by atoms with E-state index in [-0.39, 0.29) is 70.5 Å². The molecule has 0 heterocycles. The summed E-state index contributed by atoms with van der Waals surface area (Å²) in [6, 6.07) is 44.5. The molecule has 3 atom stereocenters. The zero-order chi connectivity index (χ0) is 57.8. The first kappa shape index (κ1) is 60.2. The van der Waals surface area contributed by atoms with Crippen LogP contribution in [0.3, 0.4) is 0 Å². The summed E-state index contributed by atoms with van der Waals surface area (Å²) in [7, 11) is 0. The fourth-order valence-electron chi connectivity index (χ4n) is 7.86. The smallest absolute Gasteiger partial charge is 0.414 e. The van der Waals surface area contributed by atoms with Gasteiger partial charge in [-0.25, -0.2) is 24.2 Å². The molecule has 0 aromatic heterocycles. The van der Waals surface area contributed by atoms with Gasteiger partial charge in [0.05, 0.1) is 12.6 Å². The van der Waals surface area contributed by atoms with Gasteiger partial charge in [0.15, 0.2) is 0 Å². The normalized spacial score (nSPS) is 11.6. The molecule has 0 bridgehead atoms. The van der Waals surface area contributed by atoms with Crippen molar-refractivity contribution in [1.82, 2.24) is 37.2 Å². The van der Waals surface area contributed by atoms with E-state index in [0.29, 0.717) is 27.8 Å². The summed E-state index contributed by atoms with van der Waals surface area (Å²) in [5.41, 5.74) is 5.47. The summed E-state index contributed by atoms with van der Waals surface area (Å²) in [6.45, 7) is 4.21. The molecule has 0 saturated heterocycles. The quantitative estimate of drug-likeness (QED) is 0.0192. The van der Waals surface area contributed by atoms with Crippen molar-refractivity contribution in [2.45, 2.75) is 84.6 Å². The number of phenols is 1. The topological polar surface area (TPSA) is 286 Å². The average Bonchev–Trinajstić information content (AvgIpc) is 3.48. The summed E-state index contributed by atoms with van der Waals surface area (Å²) in [5, 5.41) is 28.4. The molecule has 0 saturated carbocycles. The van der Waals surface area contributed by atoms with E-state index in [4.69, 9.17) is 18.9 Å². The Morgan fingerprint density at radius 3 is 1.28 bits per heavy atom. The second-order valence-corrected chi connectivity index (χ2v) is 18.4. The number of benzene rings is 6. The Morgan fingerprint density at radius 1 is 0.494 bits per heavy atom. The van der Waals surface area contributed by atoms with Crippen LogP contribution in [0, 0.1) is 13.8 Å². The standard InChI is InChI=1S/C60H65N9O12/c1-40-31-49(70)32-41(2)50(40)34-51(65-56(68-59(76)80-38-46-25-15-7-16-26-46)69-60(77)81-39-47-27-17-8-18-28-47)54(73)63-42(3)53(72)62-35-48(33-43-19-9-4-10-20-43)64-52(71)29-30-61-55(66-57(74)78-36-44-21-11-5-12-22-44)67-58(75)79-37-45-23-13-6-14-24-45/h4-28,31-32,42,48,51,70H,29-30,33-39H2,1-3H3,(H,62,72)(H,63,73)(H,64,71)(H2,61,66,67,74,75)(H2,65,68,69,76,77)/t42-,48+,51+/m1/s1. The number of aliphatic imine (C=N–C) groups is 2. The van der Waals surface area contributed by atoms with Crippen LogP contribution in [0.15, 0.2) is 174 Å². The van der Waals surface area contributed by atoms with E-state index in [0.717, 1.165) is 16.7 Å². The molecule has 7 amide bonds. The molecule has 0 aliphatic carbocycles. The van der Waals surface area contributed by atoms with Crippen LogP contribution >= 0.6 is 0 Å². The number of hydrogen-bond acceptors (Lipinski definition) is 14. The molecule has 21 nitrogen and oxygen atoms in total. The number of carbonyl (C=O) groups is 7. The number of phenolic OH excluding ortho intramolecular Hbond substituents is 1. The Balaban J connectivity index is 1.13. The van der Waals surface area contributed by atoms with Crippen LogP contribution in [0.4, 0.5) is 19.2 Å². The van der Waals surface area contributed by atoms with Gasteiger partial charge < -0.3 is 40.0 Å². The van der Waals surface area contributed by atoms with E-state index in [1.807, 2.05) is 42.5 Å². The molecule has 6 aromatic carbocycles. The first-order valence-electron chi connectivity index (χ1n) is 25.9. The maximum Gasteiger partial charge on any atom is 0.414 e. The second kappa shape index (κ2) is 32.0. The molecule has 0 radical (unpaired) electrons. The van der Waals surface area contributed by atoms with Crippen molar-refractivity contribution in [1.29, 1.82) is 0 Å². The average molecular weight is 1100 g/mol. The number of aryl methyl sites for hydroxylation is 2. The number of aromatic hydroxyl groups is 1. The van der Waals surface area contributed by atoms with Gasteiger partial charge >= 0.3 is 24.4 Å². The summed E-state index contributed by atoms with van der Waals surface area (Å²) in [6.07, 6.45) is -3.94. The number of hydrogen-bond donors (Lipinski definition) is 8. The molecule has 6 aromatic rings. The van der Waals surface area contributed by atoms with E-state index in [2.05, 4.69) is 47.2 Å². The number of amides is 7. The monoisotopic (exact) mass is 1100 g/mol. The minimum Gasteiger partial charge on any atom is -0.508 e. The number of nitrogens with zero attached hydrogens (tertiary/aromatic N) is 2.